The Balaban J connectivity index is 2.52. The highest BCUT2D eigenvalue weighted by Gasteiger charge is 2.33. The van der Waals surface area contributed by atoms with Crippen molar-refractivity contribution in [2.75, 3.05) is 0 Å². The number of aldehydes is 2. The van der Waals surface area contributed by atoms with Crippen LogP contribution in [-0.4, -0.2) is 12.6 Å². The molecule has 0 atom stereocenters. The summed E-state index contributed by atoms with van der Waals surface area (Å²) in [5, 5.41) is 0. The molecule has 0 aromatic rings. The van der Waals surface area contributed by atoms with Crippen LogP contribution in [0.3, 0.4) is 0 Å². The lowest BCUT2D eigenvalue weighted by molar-refractivity contribution is -0.121. The summed E-state index contributed by atoms with van der Waals surface area (Å²) in [6.07, 6.45) is 7.84. The van der Waals surface area contributed by atoms with Gasteiger partial charge in [-0.25, -0.2) is 0 Å². The van der Waals surface area contributed by atoms with Crippen LogP contribution in [0, 0.1) is 11.3 Å². The average molecular weight is 182 g/mol. The van der Waals surface area contributed by atoms with Crippen LogP contribution in [0.25, 0.3) is 0 Å². The Morgan fingerprint density at radius 3 is 2.31 bits per heavy atom. The van der Waals surface area contributed by atoms with Crippen LogP contribution in [0.4, 0.5) is 0 Å². The van der Waals surface area contributed by atoms with E-state index in [1.807, 2.05) is 0 Å². The van der Waals surface area contributed by atoms with Gasteiger partial charge in [-0.05, 0) is 32.1 Å². The molecule has 74 valence electrons. The molecule has 0 aromatic carbocycles. The number of rotatable bonds is 4. The molecule has 0 amide bonds. The first-order valence-corrected chi connectivity index (χ1v) is 5.18. The van der Waals surface area contributed by atoms with E-state index in [2.05, 4.69) is 6.92 Å². The molecule has 0 bridgehead atoms. The van der Waals surface area contributed by atoms with Gasteiger partial charge in [-0.3, -0.25) is 0 Å². The molecule has 1 fully saturated rings. The first kappa shape index (κ1) is 10.4. The molecular weight excluding hydrogens is 164 g/mol. The smallest absolute Gasteiger partial charge is 0.126 e. The van der Waals surface area contributed by atoms with Gasteiger partial charge in [0.05, 0.1) is 0 Å². The van der Waals surface area contributed by atoms with E-state index in [1.54, 1.807) is 0 Å². The summed E-state index contributed by atoms with van der Waals surface area (Å²) in [4.78, 5) is 21.5. The Hall–Kier alpha value is -0.660. The number of hydrogen-bond acceptors (Lipinski definition) is 2. The number of carbonyl (C=O) groups is 2. The Labute approximate surface area is 79.7 Å². The Bertz CT molecular complexity index is 179. The fourth-order valence-corrected chi connectivity index (χ4v) is 2.28. The minimum Gasteiger partial charge on any atom is -0.303 e. The summed E-state index contributed by atoms with van der Waals surface area (Å²) in [6, 6.07) is 0. The van der Waals surface area contributed by atoms with Crippen LogP contribution in [-0.2, 0) is 9.59 Å². The van der Waals surface area contributed by atoms with Gasteiger partial charge in [0.2, 0.25) is 0 Å². The topological polar surface area (TPSA) is 34.1 Å². The molecule has 0 radical (unpaired) electrons. The zero-order chi connectivity index (χ0) is 9.73. The second kappa shape index (κ2) is 4.54. The monoisotopic (exact) mass is 182 g/mol. The van der Waals surface area contributed by atoms with Gasteiger partial charge in [-0.15, -0.1) is 0 Å². The van der Waals surface area contributed by atoms with Crippen LogP contribution in [0.5, 0.6) is 0 Å². The molecule has 2 heteroatoms. The van der Waals surface area contributed by atoms with E-state index in [4.69, 9.17) is 0 Å². The lowest BCUT2D eigenvalue weighted by Gasteiger charge is -2.34. The summed E-state index contributed by atoms with van der Waals surface area (Å²) in [7, 11) is 0. The van der Waals surface area contributed by atoms with Crippen LogP contribution in [0.15, 0.2) is 0 Å². The van der Waals surface area contributed by atoms with Crippen molar-refractivity contribution in [3.05, 3.63) is 0 Å². The molecule has 1 saturated carbocycles. The maximum atomic E-state index is 11.0. The summed E-state index contributed by atoms with van der Waals surface area (Å²) in [6.45, 7) is 2.11. The fraction of sp³-hybridized carbons (Fsp3) is 0.818. The molecule has 0 heterocycles. The van der Waals surface area contributed by atoms with E-state index in [-0.39, 0.29) is 11.3 Å². The third-order valence-electron chi connectivity index (χ3n) is 3.22. The molecule has 0 aliphatic heterocycles. The SMILES string of the molecule is CCCC1(C=O)CCC(C=O)CC1. The molecule has 13 heavy (non-hydrogen) atoms. The van der Waals surface area contributed by atoms with Gasteiger partial charge in [0.25, 0.3) is 0 Å². The van der Waals surface area contributed by atoms with Crippen molar-refractivity contribution in [2.24, 2.45) is 11.3 Å². The predicted octanol–water partition coefficient (Wildman–Crippen LogP) is 2.36. The van der Waals surface area contributed by atoms with Crippen LogP contribution in [0.2, 0.25) is 0 Å². The van der Waals surface area contributed by atoms with Gasteiger partial charge in [-0.2, -0.15) is 0 Å². The van der Waals surface area contributed by atoms with Crippen molar-refractivity contribution in [1.29, 1.82) is 0 Å². The lowest BCUT2D eigenvalue weighted by Crippen LogP contribution is -2.29. The van der Waals surface area contributed by atoms with Crippen LogP contribution >= 0.6 is 0 Å². The van der Waals surface area contributed by atoms with Gasteiger partial charge in [0, 0.05) is 11.3 Å². The molecule has 1 rings (SSSR count). The summed E-state index contributed by atoms with van der Waals surface area (Å²) in [5.74, 6) is 0.213. The highest BCUT2D eigenvalue weighted by atomic mass is 16.1. The van der Waals surface area contributed by atoms with Crippen molar-refractivity contribution in [1.82, 2.24) is 0 Å². The third-order valence-corrected chi connectivity index (χ3v) is 3.22. The lowest BCUT2D eigenvalue weighted by atomic mass is 9.69. The van der Waals surface area contributed by atoms with Gasteiger partial charge in [-0.1, -0.05) is 13.3 Å². The van der Waals surface area contributed by atoms with Gasteiger partial charge < -0.3 is 9.59 Å². The highest BCUT2D eigenvalue weighted by Crippen LogP contribution is 2.40. The second-order valence-corrected chi connectivity index (χ2v) is 4.20. The number of hydrogen-bond donors (Lipinski definition) is 0. The minimum atomic E-state index is -0.0890. The van der Waals surface area contributed by atoms with E-state index >= 15 is 0 Å². The average Bonchev–Trinajstić information content (AvgIpc) is 2.19. The van der Waals surface area contributed by atoms with Crippen molar-refractivity contribution in [3.8, 4) is 0 Å². The molecule has 0 N–H and O–H groups in total. The zero-order valence-electron chi connectivity index (χ0n) is 8.29. The minimum absolute atomic E-state index is 0.0890. The summed E-state index contributed by atoms with van der Waals surface area (Å²) in [5.41, 5.74) is -0.0890. The van der Waals surface area contributed by atoms with Crippen molar-refractivity contribution >= 4 is 12.6 Å². The Morgan fingerprint density at radius 2 is 1.92 bits per heavy atom. The van der Waals surface area contributed by atoms with Crippen molar-refractivity contribution < 1.29 is 9.59 Å². The molecule has 0 aromatic heterocycles. The molecule has 0 spiro atoms. The largest absolute Gasteiger partial charge is 0.303 e. The maximum absolute atomic E-state index is 11.0. The molecule has 1 aliphatic rings. The van der Waals surface area contributed by atoms with Crippen molar-refractivity contribution in [3.63, 3.8) is 0 Å². The summed E-state index contributed by atoms with van der Waals surface area (Å²) >= 11 is 0. The Morgan fingerprint density at radius 1 is 1.31 bits per heavy atom. The van der Waals surface area contributed by atoms with E-state index in [0.717, 1.165) is 51.1 Å². The molecule has 2 nitrogen and oxygen atoms in total. The van der Waals surface area contributed by atoms with E-state index < -0.39 is 0 Å². The zero-order valence-corrected chi connectivity index (χ0v) is 8.29. The first-order valence-electron chi connectivity index (χ1n) is 5.18. The second-order valence-electron chi connectivity index (χ2n) is 4.20. The van der Waals surface area contributed by atoms with Crippen LogP contribution < -0.4 is 0 Å². The molecule has 1 aliphatic carbocycles. The van der Waals surface area contributed by atoms with E-state index in [9.17, 15) is 9.59 Å². The van der Waals surface area contributed by atoms with Gasteiger partial charge >= 0.3 is 0 Å². The van der Waals surface area contributed by atoms with Crippen molar-refractivity contribution in [2.45, 2.75) is 45.4 Å². The van der Waals surface area contributed by atoms with E-state index in [0.29, 0.717) is 0 Å². The fourth-order valence-electron chi connectivity index (χ4n) is 2.28. The first-order chi connectivity index (χ1) is 6.26. The molecular formula is C11H18O2. The number of carbonyl (C=O) groups excluding carboxylic acids is 2. The summed E-state index contributed by atoms with van der Waals surface area (Å²) < 4.78 is 0. The Kier molecular flexibility index (Phi) is 3.64. The third kappa shape index (κ3) is 2.39. The normalized spacial score (nSPS) is 34.1. The predicted molar refractivity (Wildman–Crippen MR) is 51.4 cm³/mol. The van der Waals surface area contributed by atoms with Gasteiger partial charge in [0.15, 0.2) is 0 Å². The van der Waals surface area contributed by atoms with Crippen LogP contribution in [0.1, 0.15) is 45.4 Å². The standard InChI is InChI=1S/C11H18O2/c1-2-5-11(9-13)6-3-10(8-12)4-7-11/h8-10H,2-7H2,1H3. The quantitative estimate of drug-likeness (QED) is 0.625. The molecule has 0 saturated heterocycles. The molecule has 0 unspecified atom stereocenters. The highest BCUT2D eigenvalue weighted by molar-refractivity contribution is 5.61. The van der Waals surface area contributed by atoms with Gasteiger partial charge in [0.1, 0.15) is 12.6 Å². The van der Waals surface area contributed by atoms with E-state index in [1.165, 1.54) is 0 Å². The maximum Gasteiger partial charge on any atom is 0.126 e.